The lowest BCUT2D eigenvalue weighted by Crippen LogP contribution is -2.63. The van der Waals surface area contributed by atoms with Gasteiger partial charge in [-0.05, 0) is 61.7 Å². The fourth-order valence-corrected chi connectivity index (χ4v) is 4.65. The molecule has 0 bridgehead atoms. The number of carbonyl (C=O) groups excluding carboxylic acids is 1. The molecule has 28 heavy (non-hydrogen) atoms. The third-order valence-electron chi connectivity index (χ3n) is 6.12. The van der Waals surface area contributed by atoms with E-state index < -0.39 is 0 Å². The normalized spacial score (nSPS) is 20.7. The molecule has 4 rings (SSSR count). The van der Waals surface area contributed by atoms with Crippen LogP contribution in [-0.4, -0.2) is 42.2 Å². The van der Waals surface area contributed by atoms with E-state index in [-0.39, 0.29) is 29.1 Å². The van der Waals surface area contributed by atoms with Gasteiger partial charge in [0.2, 0.25) is 0 Å². The number of likely N-dealkylation sites (tertiary alicyclic amines) is 1. The van der Waals surface area contributed by atoms with Crippen molar-refractivity contribution in [1.82, 2.24) is 10.2 Å². The molecule has 0 radical (unpaired) electrons. The van der Waals surface area contributed by atoms with Crippen molar-refractivity contribution in [3.8, 4) is 5.75 Å². The molecule has 2 fully saturated rings. The van der Waals surface area contributed by atoms with Crippen LogP contribution in [0.2, 0.25) is 0 Å². The minimum absolute atomic E-state index is 0.00764. The van der Waals surface area contributed by atoms with Gasteiger partial charge in [0.05, 0.1) is 6.04 Å². The average molecular weight is 383 g/mol. The number of carbonyl (C=O) groups is 1. The highest BCUT2D eigenvalue weighted by Gasteiger charge is 2.54. The van der Waals surface area contributed by atoms with Crippen molar-refractivity contribution in [2.75, 3.05) is 31.1 Å². The van der Waals surface area contributed by atoms with Crippen LogP contribution >= 0.6 is 0 Å². The average Bonchev–Trinajstić information content (AvgIpc) is 2.69. The number of hydrogen-bond donors (Lipinski definition) is 2. The summed E-state index contributed by atoms with van der Waals surface area (Å²) in [6, 6.07) is 14.1. The zero-order valence-corrected chi connectivity index (χ0v) is 16.1. The molecule has 2 aromatic rings. The first kappa shape index (κ1) is 18.6. The summed E-state index contributed by atoms with van der Waals surface area (Å²) < 4.78 is 13.4. The van der Waals surface area contributed by atoms with Crippen molar-refractivity contribution in [2.45, 2.75) is 25.8 Å². The Morgan fingerprint density at radius 3 is 2.39 bits per heavy atom. The van der Waals surface area contributed by atoms with Crippen molar-refractivity contribution < 1.29 is 14.3 Å². The Morgan fingerprint density at radius 2 is 1.79 bits per heavy atom. The highest BCUT2D eigenvalue weighted by molar-refractivity contribution is 5.74. The molecule has 1 unspecified atom stereocenters. The minimum atomic E-state index is -0.240. The van der Waals surface area contributed by atoms with Crippen molar-refractivity contribution >= 4 is 11.7 Å². The number of piperidine rings is 1. The zero-order chi connectivity index (χ0) is 19.7. The van der Waals surface area contributed by atoms with Gasteiger partial charge in [-0.1, -0.05) is 12.1 Å². The lowest BCUT2D eigenvalue weighted by atomic mass is 9.63. The molecule has 0 aromatic heterocycles. The smallest absolute Gasteiger partial charge is 0.317 e. The van der Waals surface area contributed by atoms with Crippen LogP contribution in [0.15, 0.2) is 48.5 Å². The fourth-order valence-electron chi connectivity index (χ4n) is 4.65. The lowest BCUT2D eigenvalue weighted by molar-refractivity contribution is 0.0437. The quantitative estimate of drug-likeness (QED) is 0.845. The molecular formula is C22H26FN3O2. The van der Waals surface area contributed by atoms with Crippen molar-refractivity contribution in [2.24, 2.45) is 5.41 Å². The molecule has 2 aliphatic heterocycles. The van der Waals surface area contributed by atoms with Crippen LogP contribution < -0.4 is 10.2 Å². The number of benzene rings is 2. The summed E-state index contributed by atoms with van der Waals surface area (Å²) in [6.07, 6.45) is 1.85. The number of aromatic hydroxyl groups is 1. The van der Waals surface area contributed by atoms with Gasteiger partial charge in [-0.25, -0.2) is 9.18 Å². The van der Waals surface area contributed by atoms with Gasteiger partial charge in [0.25, 0.3) is 0 Å². The summed E-state index contributed by atoms with van der Waals surface area (Å²) in [4.78, 5) is 16.4. The van der Waals surface area contributed by atoms with Gasteiger partial charge in [-0.2, -0.15) is 0 Å². The van der Waals surface area contributed by atoms with E-state index in [4.69, 9.17) is 0 Å². The van der Waals surface area contributed by atoms with Gasteiger partial charge in [0.15, 0.2) is 0 Å². The number of urea groups is 1. The second-order valence-corrected chi connectivity index (χ2v) is 7.78. The maximum absolute atomic E-state index is 13.4. The first-order valence-corrected chi connectivity index (χ1v) is 9.86. The summed E-state index contributed by atoms with van der Waals surface area (Å²) in [5.74, 6) is 0.00641. The monoisotopic (exact) mass is 383 g/mol. The molecule has 1 spiro atoms. The third-order valence-corrected chi connectivity index (χ3v) is 6.12. The van der Waals surface area contributed by atoms with E-state index in [0.29, 0.717) is 6.54 Å². The van der Waals surface area contributed by atoms with Crippen LogP contribution in [0.4, 0.5) is 14.9 Å². The maximum Gasteiger partial charge on any atom is 0.317 e. The van der Waals surface area contributed by atoms with Crippen LogP contribution in [0, 0.1) is 11.2 Å². The van der Waals surface area contributed by atoms with Gasteiger partial charge < -0.3 is 20.2 Å². The molecule has 2 aromatic carbocycles. The Morgan fingerprint density at radius 1 is 1.14 bits per heavy atom. The van der Waals surface area contributed by atoms with Crippen LogP contribution in [0.3, 0.4) is 0 Å². The predicted octanol–water partition coefficient (Wildman–Crippen LogP) is 3.90. The van der Waals surface area contributed by atoms with E-state index in [1.165, 1.54) is 12.1 Å². The minimum Gasteiger partial charge on any atom is -0.508 e. The predicted molar refractivity (Wildman–Crippen MR) is 107 cm³/mol. The van der Waals surface area contributed by atoms with E-state index >= 15 is 0 Å². The van der Waals surface area contributed by atoms with E-state index in [9.17, 15) is 14.3 Å². The standard InChI is InChI=1S/C22H26FN3O2/c1-2-24-21(28)25-13-11-22(12-14-25)15-26(18-7-5-17(23)6-8-18)20(22)16-3-9-19(27)10-4-16/h3-10,20,27H,2,11-15H2,1H3,(H,24,28). The van der Waals surface area contributed by atoms with Gasteiger partial charge in [-0.3, -0.25) is 0 Å². The molecule has 2 amide bonds. The number of hydrogen-bond acceptors (Lipinski definition) is 3. The van der Waals surface area contributed by atoms with Gasteiger partial charge >= 0.3 is 6.03 Å². The molecular weight excluding hydrogens is 357 g/mol. The Labute approximate surface area is 164 Å². The molecule has 148 valence electrons. The number of nitrogens with one attached hydrogen (secondary N) is 1. The summed E-state index contributed by atoms with van der Waals surface area (Å²) in [6.45, 7) is 4.91. The molecule has 1 atom stereocenters. The van der Waals surface area contributed by atoms with Crippen LogP contribution in [-0.2, 0) is 0 Å². The number of phenols is 1. The fraction of sp³-hybridized carbons (Fsp3) is 0.409. The second-order valence-electron chi connectivity index (χ2n) is 7.78. The van der Waals surface area contributed by atoms with Crippen molar-refractivity contribution in [3.05, 3.63) is 59.9 Å². The van der Waals surface area contributed by atoms with Crippen LogP contribution in [0.25, 0.3) is 0 Å². The highest BCUT2D eigenvalue weighted by atomic mass is 19.1. The van der Waals surface area contributed by atoms with Gasteiger partial charge in [-0.15, -0.1) is 0 Å². The highest BCUT2D eigenvalue weighted by Crippen LogP contribution is 2.56. The Hall–Kier alpha value is -2.76. The first-order valence-electron chi connectivity index (χ1n) is 9.86. The summed E-state index contributed by atoms with van der Waals surface area (Å²) >= 11 is 0. The molecule has 2 heterocycles. The van der Waals surface area contributed by atoms with E-state index in [2.05, 4.69) is 10.2 Å². The molecule has 0 saturated carbocycles. The summed E-state index contributed by atoms with van der Waals surface area (Å²) in [5, 5.41) is 12.6. The lowest BCUT2D eigenvalue weighted by Gasteiger charge is -2.61. The van der Waals surface area contributed by atoms with Crippen LogP contribution in [0.1, 0.15) is 31.4 Å². The Bertz CT molecular complexity index is 830. The maximum atomic E-state index is 13.4. The summed E-state index contributed by atoms with van der Waals surface area (Å²) in [5.41, 5.74) is 2.21. The Kier molecular flexibility index (Phi) is 4.87. The molecule has 6 heteroatoms. The number of nitrogens with zero attached hydrogens (tertiary/aromatic N) is 2. The molecule has 2 N–H and O–H groups in total. The molecule has 2 aliphatic rings. The number of phenolic OH excluding ortho intramolecular Hbond substituents is 1. The van der Waals surface area contributed by atoms with E-state index in [1.54, 1.807) is 12.1 Å². The number of amides is 2. The van der Waals surface area contributed by atoms with E-state index in [1.807, 2.05) is 36.1 Å². The molecule has 5 nitrogen and oxygen atoms in total. The number of anilines is 1. The Balaban J connectivity index is 1.58. The van der Waals surface area contributed by atoms with Gasteiger partial charge in [0.1, 0.15) is 11.6 Å². The molecule has 0 aliphatic carbocycles. The largest absolute Gasteiger partial charge is 0.508 e. The zero-order valence-electron chi connectivity index (χ0n) is 16.1. The second kappa shape index (κ2) is 7.34. The topological polar surface area (TPSA) is 55.8 Å². The number of rotatable bonds is 3. The van der Waals surface area contributed by atoms with Crippen LogP contribution in [0.5, 0.6) is 5.75 Å². The van der Waals surface area contributed by atoms with Crippen molar-refractivity contribution in [3.63, 3.8) is 0 Å². The number of halogens is 1. The van der Waals surface area contributed by atoms with Gasteiger partial charge in [0, 0.05) is 37.3 Å². The third kappa shape index (κ3) is 3.28. The summed E-state index contributed by atoms with van der Waals surface area (Å²) in [7, 11) is 0. The van der Waals surface area contributed by atoms with Crippen molar-refractivity contribution in [1.29, 1.82) is 0 Å². The molecule has 2 saturated heterocycles. The van der Waals surface area contributed by atoms with E-state index in [0.717, 1.165) is 43.7 Å². The SMILES string of the molecule is CCNC(=O)N1CCC2(CC1)CN(c1ccc(F)cc1)C2c1ccc(O)cc1. The first-order chi connectivity index (χ1) is 13.5.